The molecule has 0 aliphatic rings. The van der Waals surface area contributed by atoms with Gasteiger partial charge in [0.2, 0.25) is 11.8 Å². The number of carbonyl (C=O) groups is 2. The number of carbonyl (C=O) groups excluding carboxylic acids is 2. The molecule has 0 fully saturated rings. The Bertz CT molecular complexity index is 768. The number of thioether (sulfide) groups is 1. The fourth-order valence-electron chi connectivity index (χ4n) is 2.85. The molecule has 0 aromatic heterocycles. The van der Waals surface area contributed by atoms with Crippen molar-refractivity contribution >= 4 is 35.2 Å². The summed E-state index contributed by atoms with van der Waals surface area (Å²) in [4.78, 5) is 28.2. The smallest absolute Gasteiger partial charge is 0.242 e. The number of benzene rings is 2. The SMILES string of the molecule is CCCNC(=O)C(C)N(Cc1ccccc1)C(=O)CCCSc1ccc(Cl)cc1. The van der Waals surface area contributed by atoms with E-state index >= 15 is 0 Å². The van der Waals surface area contributed by atoms with Crippen molar-refractivity contribution < 1.29 is 9.59 Å². The molecule has 29 heavy (non-hydrogen) atoms. The molecule has 2 rings (SSSR count). The Morgan fingerprint density at radius 2 is 1.79 bits per heavy atom. The minimum Gasteiger partial charge on any atom is -0.354 e. The van der Waals surface area contributed by atoms with Gasteiger partial charge in [-0.15, -0.1) is 11.8 Å². The number of hydrogen-bond donors (Lipinski definition) is 1. The first-order valence-electron chi connectivity index (χ1n) is 10.0. The average molecular weight is 433 g/mol. The van der Waals surface area contributed by atoms with Gasteiger partial charge >= 0.3 is 0 Å². The summed E-state index contributed by atoms with van der Waals surface area (Å²) < 4.78 is 0. The lowest BCUT2D eigenvalue weighted by Gasteiger charge is -2.29. The summed E-state index contributed by atoms with van der Waals surface area (Å²) in [6.45, 7) is 4.86. The lowest BCUT2D eigenvalue weighted by atomic mass is 10.1. The van der Waals surface area contributed by atoms with Crippen molar-refractivity contribution in [1.82, 2.24) is 10.2 Å². The van der Waals surface area contributed by atoms with Crippen molar-refractivity contribution in [2.45, 2.75) is 50.6 Å². The second kappa shape index (κ2) is 12.6. The van der Waals surface area contributed by atoms with Crippen LogP contribution < -0.4 is 5.32 Å². The van der Waals surface area contributed by atoms with Crippen LogP contribution in [0, 0.1) is 0 Å². The Morgan fingerprint density at radius 1 is 1.10 bits per heavy atom. The van der Waals surface area contributed by atoms with Crippen molar-refractivity contribution in [3.8, 4) is 0 Å². The highest BCUT2D eigenvalue weighted by Crippen LogP contribution is 2.22. The molecule has 0 saturated carbocycles. The molecule has 0 radical (unpaired) electrons. The zero-order chi connectivity index (χ0) is 21.1. The number of halogens is 1. The van der Waals surface area contributed by atoms with E-state index in [4.69, 9.17) is 11.6 Å². The van der Waals surface area contributed by atoms with E-state index in [1.807, 2.05) is 61.5 Å². The maximum Gasteiger partial charge on any atom is 0.242 e. The van der Waals surface area contributed by atoms with E-state index in [0.29, 0.717) is 19.5 Å². The predicted octanol–water partition coefficient (Wildman–Crippen LogP) is 5.16. The van der Waals surface area contributed by atoms with E-state index < -0.39 is 6.04 Å². The summed E-state index contributed by atoms with van der Waals surface area (Å²) in [6, 6.07) is 17.0. The van der Waals surface area contributed by atoms with Crippen molar-refractivity contribution in [3.05, 3.63) is 65.2 Å². The van der Waals surface area contributed by atoms with Crippen LogP contribution in [-0.4, -0.2) is 35.1 Å². The number of hydrogen-bond acceptors (Lipinski definition) is 3. The third-order valence-electron chi connectivity index (χ3n) is 4.53. The van der Waals surface area contributed by atoms with Crippen LogP contribution in [0.1, 0.15) is 38.7 Å². The molecule has 4 nitrogen and oxygen atoms in total. The third-order valence-corrected chi connectivity index (χ3v) is 5.88. The molecule has 2 amide bonds. The molecule has 2 aromatic rings. The molecule has 0 spiro atoms. The third kappa shape index (κ3) is 8.11. The molecule has 0 heterocycles. The quantitative estimate of drug-likeness (QED) is 0.394. The zero-order valence-electron chi connectivity index (χ0n) is 17.1. The fraction of sp³-hybridized carbons (Fsp3) is 0.391. The largest absolute Gasteiger partial charge is 0.354 e. The summed E-state index contributed by atoms with van der Waals surface area (Å²) >= 11 is 7.61. The summed E-state index contributed by atoms with van der Waals surface area (Å²) in [5.74, 6) is 0.736. The van der Waals surface area contributed by atoms with Crippen molar-refractivity contribution in [3.63, 3.8) is 0 Å². The second-order valence-electron chi connectivity index (χ2n) is 6.88. The van der Waals surface area contributed by atoms with E-state index in [1.165, 1.54) is 0 Å². The number of amides is 2. The summed E-state index contributed by atoms with van der Waals surface area (Å²) in [7, 11) is 0. The number of nitrogens with one attached hydrogen (secondary N) is 1. The van der Waals surface area contributed by atoms with E-state index in [-0.39, 0.29) is 11.8 Å². The van der Waals surface area contributed by atoms with E-state index in [0.717, 1.165) is 34.1 Å². The highest BCUT2D eigenvalue weighted by molar-refractivity contribution is 7.99. The van der Waals surface area contributed by atoms with Gasteiger partial charge in [-0.1, -0.05) is 48.9 Å². The zero-order valence-corrected chi connectivity index (χ0v) is 18.6. The van der Waals surface area contributed by atoms with Gasteiger partial charge in [0.05, 0.1) is 0 Å². The topological polar surface area (TPSA) is 49.4 Å². The van der Waals surface area contributed by atoms with Crippen molar-refractivity contribution in [1.29, 1.82) is 0 Å². The molecular formula is C23H29ClN2O2S. The molecule has 1 N–H and O–H groups in total. The monoisotopic (exact) mass is 432 g/mol. The highest BCUT2D eigenvalue weighted by atomic mass is 35.5. The molecular weight excluding hydrogens is 404 g/mol. The highest BCUT2D eigenvalue weighted by Gasteiger charge is 2.25. The van der Waals surface area contributed by atoms with Gasteiger partial charge in [0.15, 0.2) is 0 Å². The van der Waals surface area contributed by atoms with E-state index in [1.54, 1.807) is 23.6 Å². The first kappa shape index (κ1) is 23.3. The normalized spacial score (nSPS) is 11.7. The summed E-state index contributed by atoms with van der Waals surface area (Å²) in [5.41, 5.74) is 1.02. The first-order valence-corrected chi connectivity index (χ1v) is 11.4. The van der Waals surface area contributed by atoms with Crippen molar-refractivity contribution in [2.75, 3.05) is 12.3 Å². The Labute approximate surface area is 183 Å². The Hall–Kier alpha value is -1.98. The van der Waals surface area contributed by atoms with Gasteiger partial charge in [0.1, 0.15) is 6.04 Å². The Balaban J connectivity index is 1.93. The molecule has 6 heteroatoms. The summed E-state index contributed by atoms with van der Waals surface area (Å²) in [6.07, 6.45) is 2.03. The van der Waals surface area contributed by atoms with E-state index in [2.05, 4.69) is 5.32 Å². The maximum absolute atomic E-state index is 12.9. The molecule has 0 bridgehead atoms. The number of rotatable bonds is 11. The Morgan fingerprint density at radius 3 is 2.45 bits per heavy atom. The minimum atomic E-state index is -0.502. The molecule has 2 aromatic carbocycles. The lowest BCUT2D eigenvalue weighted by molar-refractivity contribution is -0.140. The molecule has 1 unspecified atom stereocenters. The van der Waals surface area contributed by atoms with Gasteiger partial charge in [0, 0.05) is 29.4 Å². The van der Waals surface area contributed by atoms with Gasteiger partial charge in [-0.2, -0.15) is 0 Å². The molecule has 0 saturated heterocycles. The van der Waals surface area contributed by atoms with Crippen LogP contribution in [0.3, 0.4) is 0 Å². The predicted molar refractivity (Wildman–Crippen MR) is 121 cm³/mol. The van der Waals surface area contributed by atoms with Crippen molar-refractivity contribution in [2.24, 2.45) is 0 Å². The number of nitrogens with zero attached hydrogens (tertiary/aromatic N) is 1. The van der Waals surface area contributed by atoms with Gasteiger partial charge in [-0.3, -0.25) is 9.59 Å². The Kier molecular flexibility index (Phi) is 10.1. The van der Waals surface area contributed by atoms with Gasteiger partial charge < -0.3 is 10.2 Å². The first-order chi connectivity index (χ1) is 14.0. The van der Waals surface area contributed by atoms with Crippen LogP contribution >= 0.6 is 23.4 Å². The minimum absolute atomic E-state index is 0.00436. The van der Waals surface area contributed by atoms with Crippen LogP contribution in [0.15, 0.2) is 59.5 Å². The standard InChI is InChI=1S/C23H29ClN2O2S/c1-3-15-25-23(28)18(2)26(17-19-8-5-4-6-9-19)22(27)10-7-16-29-21-13-11-20(24)12-14-21/h4-6,8-9,11-14,18H,3,7,10,15-17H2,1-2H3,(H,25,28). The second-order valence-corrected chi connectivity index (χ2v) is 8.48. The molecule has 1 atom stereocenters. The lowest BCUT2D eigenvalue weighted by Crippen LogP contribution is -2.47. The van der Waals surface area contributed by atoms with Crippen LogP contribution in [-0.2, 0) is 16.1 Å². The summed E-state index contributed by atoms with van der Waals surface area (Å²) in [5, 5.41) is 3.62. The van der Waals surface area contributed by atoms with Crippen LogP contribution in [0.25, 0.3) is 0 Å². The average Bonchev–Trinajstić information content (AvgIpc) is 2.74. The van der Waals surface area contributed by atoms with Crippen LogP contribution in [0.4, 0.5) is 0 Å². The maximum atomic E-state index is 12.9. The molecule has 0 aliphatic heterocycles. The van der Waals surface area contributed by atoms with Crippen LogP contribution in [0.5, 0.6) is 0 Å². The fourth-order valence-corrected chi connectivity index (χ4v) is 3.83. The van der Waals surface area contributed by atoms with Gasteiger partial charge in [0.25, 0.3) is 0 Å². The molecule has 0 aliphatic carbocycles. The van der Waals surface area contributed by atoms with Gasteiger partial charge in [-0.05, 0) is 55.3 Å². The van der Waals surface area contributed by atoms with E-state index in [9.17, 15) is 9.59 Å². The van der Waals surface area contributed by atoms with Crippen LogP contribution in [0.2, 0.25) is 5.02 Å². The molecule has 156 valence electrons. The van der Waals surface area contributed by atoms with Gasteiger partial charge in [-0.25, -0.2) is 0 Å².